The van der Waals surface area contributed by atoms with Gasteiger partial charge in [-0.3, -0.25) is 14.3 Å². The Morgan fingerprint density at radius 3 is 2.66 bits per heavy atom. The number of imidazole rings is 2. The van der Waals surface area contributed by atoms with Crippen molar-refractivity contribution in [3.8, 4) is 11.3 Å². The third kappa shape index (κ3) is 5.03. The molecule has 1 aliphatic rings. The number of carbonyl (C=O) groups is 1. The van der Waals surface area contributed by atoms with Gasteiger partial charge in [0, 0.05) is 44.1 Å². The first kappa shape index (κ1) is 22.6. The van der Waals surface area contributed by atoms with Crippen molar-refractivity contribution in [3.63, 3.8) is 0 Å². The number of aromatic nitrogens is 4. The van der Waals surface area contributed by atoms with Crippen molar-refractivity contribution < 1.29 is 9.18 Å². The van der Waals surface area contributed by atoms with Crippen LogP contribution in [0.1, 0.15) is 17.5 Å². The van der Waals surface area contributed by atoms with Crippen LogP contribution in [0.3, 0.4) is 0 Å². The number of aryl methyl sites for hydroxylation is 1. The summed E-state index contributed by atoms with van der Waals surface area (Å²) in [4.78, 5) is 34.6. The van der Waals surface area contributed by atoms with Gasteiger partial charge in [-0.15, -0.1) is 0 Å². The molecule has 0 aliphatic carbocycles. The second kappa shape index (κ2) is 10.0. The third-order valence-electron chi connectivity index (χ3n) is 6.36. The third-order valence-corrected chi connectivity index (χ3v) is 6.36. The highest BCUT2D eigenvalue weighted by atomic mass is 19.1. The van der Waals surface area contributed by atoms with Crippen molar-refractivity contribution >= 4 is 11.7 Å². The second-order valence-corrected chi connectivity index (χ2v) is 8.65. The van der Waals surface area contributed by atoms with E-state index in [1.807, 2.05) is 27.8 Å². The molecular weight excluding hydrogens is 447 g/mol. The molecule has 4 aromatic rings. The van der Waals surface area contributed by atoms with Gasteiger partial charge in [0.15, 0.2) is 0 Å². The van der Waals surface area contributed by atoms with Gasteiger partial charge in [0.1, 0.15) is 11.6 Å². The molecule has 2 aromatic heterocycles. The summed E-state index contributed by atoms with van der Waals surface area (Å²) in [6.07, 6.45) is 6.85. The first-order valence-electron chi connectivity index (χ1n) is 11.7. The summed E-state index contributed by atoms with van der Waals surface area (Å²) in [5.41, 5.74) is 3.46. The van der Waals surface area contributed by atoms with Crippen LogP contribution in [-0.2, 0) is 30.8 Å². The maximum Gasteiger partial charge on any atom is 0.327 e. The summed E-state index contributed by atoms with van der Waals surface area (Å²) in [7, 11) is 0. The van der Waals surface area contributed by atoms with Gasteiger partial charge in [0.05, 0.1) is 18.6 Å². The molecule has 0 saturated heterocycles. The van der Waals surface area contributed by atoms with E-state index in [4.69, 9.17) is 0 Å². The van der Waals surface area contributed by atoms with E-state index >= 15 is 0 Å². The summed E-state index contributed by atoms with van der Waals surface area (Å²) in [6, 6.07) is 14.2. The van der Waals surface area contributed by atoms with Crippen molar-refractivity contribution in [2.24, 2.45) is 0 Å². The average molecular weight is 475 g/mol. The molecule has 8 nitrogen and oxygen atoms in total. The number of benzene rings is 2. The Kier molecular flexibility index (Phi) is 6.47. The summed E-state index contributed by atoms with van der Waals surface area (Å²) in [5, 5.41) is 3.14. The number of H-pyrrole nitrogens is 1. The molecule has 1 aliphatic heterocycles. The van der Waals surface area contributed by atoms with Crippen LogP contribution < -0.4 is 11.0 Å². The number of nitrogens with one attached hydrogen (secondary N) is 2. The normalized spacial score (nSPS) is 13.0. The van der Waals surface area contributed by atoms with Gasteiger partial charge in [0.2, 0.25) is 5.91 Å². The van der Waals surface area contributed by atoms with Crippen LogP contribution in [0.2, 0.25) is 0 Å². The Morgan fingerprint density at radius 2 is 1.89 bits per heavy atom. The quantitative estimate of drug-likeness (QED) is 0.410. The van der Waals surface area contributed by atoms with Crippen molar-refractivity contribution in [1.29, 1.82) is 0 Å². The summed E-state index contributed by atoms with van der Waals surface area (Å²) in [6.45, 7) is 2.45. The lowest BCUT2D eigenvalue weighted by molar-refractivity contribution is -0.130. The van der Waals surface area contributed by atoms with E-state index in [0.717, 1.165) is 12.0 Å². The minimum Gasteiger partial charge on any atom is -0.361 e. The molecule has 5 rings (SSSR count). The van der Waals surface area contributed by atoms with Crippen molar-refractivity contribution in [3.05, 3.63) is 94.7 Å². The molecule has 0 atom stereocenters. The lowest BCUT2D eigenvalue weighted by Crippen LogP contribution is -2.39. The largest absolute Gasteiger partial charge is 0.361 e. The van der Waals surface area contributed by atoms with E-state index in [1.165, 1.54) is 17.7 Å². The number of carbonyl (C=O) groups excluding carboxylic acids is 1. The zero-order chi connectivity index (χ0) is 24.2. The molecule has 180 valence electrons. The topological polar surface area (TPSA) is 87.9 Å². The number of aromatic amines is 1. The summed E-state index contributed by atoms with van der Waals surface area (Å²) < 4.78 is 17.2. The molecule has 0 radical (unpaired) electrons. The van der Waals surface area contributed by atoms with E-state index in [-0.39, 0.29) is 24.0 Å². The number of anilines is 1. The maximum absolute atomic E-state index is 13.6. The van der Waals surface area contributed by atoms with Crippen molar-refractivity contribution in [2.75, 3.05) is 18.4 Å². The second-order valence-electron chi connectivity index (χ2n) is 8.65. The standard InChI is InChI=1S/C26H27FN6O2/c27-22-8-6-20(7-9-22)24-25(30-26(35)33(24)13-3-12-31-15-11-28-18-31)29-16-23(34)32-14-10-19-4-1-2-5-21(19)17-32/h1-2,4-9,11,15,18,29H,3,10,12-14,16-17H2,(H,30,35). The Labute approximate surface area is 202 Å². The predicted molar refractivity (Wildman–Crippen MR) is 131 cm³/mol. The summed E-state index contributed by atoms with van der Waals surface area (Å²) in [5.74, 6) is 0.0571. The van der Waals surface area contributed by atoms with Crippen LogP contribution in [0, 0.1) is 5.82 Å². The zero-order valence-corrected chi connectivity index (χ0v) is 19.3. The molecule has 0 bridgehead atoms. The Morgan fingerprint density at radius 1 is 1.09 bits per heavy atom. The van der Waals surface area contributed by atoms with Crippen LogP contribution in [0.25, 0.3) is 11.3 Å². The minimum atomic E-state index is -0.353. The predicted octanol–water partition coefficient (Wildman–Crippen LogP) is 3.27. The number of hydrogen-bond donors (Lipinski definition) is 2. The van der Waals surface area contributed by atoms with Gasteiger partial charge in [-0.25, -0.2) is 14.2 Å². The lowest BCUT2D eigenvalue weighted by Gasteiger charge is -2.29. The molecule has 0 spiro atoms. The van der Waals surface area contributed by atoms with Gasteiger partial charge in [-0.2, -0.15) is 0 Å². The number of fused-ring (bicyclic) bond motifs is 1. The fourth-order valence-corrected chi connectivity index (χ4v) is 4.53. The van der Waals surface area contributed by atoms with E-state index in [0.29, 0.717) is 49.7 Å². The van der Waals surface area contributed by atoms with Gasteiger partial charge >= 0.3 is 5.69 Å². The van der Waals surface area contributed by atoms with Crippen LogP contribution in [0.15, 0.2) is 72.0 Å². The Balaban J connectivity index is 1.33. The smallest absolute Gasteiger partial charge is 0.327 e. The van der Waals surface area contributed by atoms with Crippen molar-refractivity contribution in [1.82, 2.24) is 24.0 Å². The van der Waals surface area contributed by atoms with E-state index < -0.39 is 0 Å². The molecule has 0 unspecified atom stereocenters. The Hall–Kier alpha value is -4.14. The highest BCUT2D eigenvalue weighted by molar-refractivity contribution is 5.83. The molecule has 2 aromatic carbocycles. The van der Waals surface area contributed by atoms with Crippen LogP contribution in [0.4, 0.5) is 10.2 Å². The summed E-state index contributed by atoms with van der Waals surface area (Å²) >= 11 is 0. The molecule has 9 heteroatoms. The zero-order valence-electron chi connectivity index (χ0n) is 19.3. The molecule has 3 heterocycles. The number of halogens is 1. The number of hydrogen-bond acceptors (Lipinski definition) is 4. The molecule has 35 heavy (non-hydrogen) atoms. The number of amides is 1. The minimum absolute atomic E-state index is 0.0433. The molecule has 2 N–H and O–H groups in total. The molecule has 0 saturated carbocycles. The first-order chi connectivity index (χ1) is 17.1. The van der Waals surface area contributed by atoms with Crippen LogP contribution >= 0.6 is 0 Å². The molecule has 0 fully saturated rings. The number of rotatable bonds is 8. The molecule has 1 amide bonds. The lowest BCUT2D eigenvalue weighted by atomic mass is 10.00. The highest BCUT2D eigenvalue weighted by Crippen LogP contribution is 2.26. The van der Waals surface area contributed by atoms with Crippen LogP contribution in [-0.4, -0.2) is 43.0 Å². The first-order valence-corrected chi connectivity index (χ1v) is 11.7. The Bertz CT molecular complexity index is 1360. The van der Waals surface area contributed by atoms with Crippen molar-refractivity contribution in [2.45, 2.75) is 32.5 Å². The number of nitrogens with zero attached hydrogens (tertiary/aromatic N) is 4. The van der Waals surface area contributed by atoms with Gasteiger partial charge in [-0.1, -0.05) is 24.3 Å². The van der Waals surface area contributed by atoms with Gasteiger partial charge in [-0.05, 0) is 48.2 Å². The maximum atomic E-state index is 13.6. The van der Waals surface area contributed by atoms with Gasteiger partial charge < -0.3 is 14.8 Å². The SMILES string of the molecule is O=C(CNc1[nH]c(=O)n(CCCn2ccnc2)c1-c1ccc(F)cc1)N1CCc2ccccc2C1. The fourth-order valence-electron chi connectivity index (χ4n) is 4.53. The highest BCUT2D eigenvalue weighted by Gasteiger charge is 2.22. The monoisotopic (exact) mass is 474 g/mol. The fraction of sp³-hybridized carbons (Fsp3) is 0.269. The van der Waals surface area contributed by atoms with Crippen LogP contribution in [0.5, 0.6) is 0 Å². The average Bonchev–Trinajstić information content (AvgIpc) is 3.51. The van der Waals surface area contributed by atoms with Gasteiger partial charge in [0.25, 0.3) is 0 Å². The van der Waals surface area contributed by atoms with E-state index in [9.17, 15) is 14.0 Å². The van der Waals surface area contributed by atoms with E-state index in [2.05, 4.69) is 27.4 Å². The van der Waals surface area contributed by atoms with E-state index in [1.54, 1.807) is 29.2 Å². The molecular formula is C26H27FN6O2.